The second-order valence-electron chi connectivity index (χ2n) is 6.37. The van der Waals surface area contributed by atoms with Crippen LogP contribution < -0.4 is 4.74 Å². The van der Waals surface area contributed by atoms with Gasteiger partial charge in [0.1, 0.15) is 17.3 Å². The SMILES string of the molecule is CCC(=O)CC(=O)c1c(C)cc2c(c1O)C(=O)c1c(OC)cccc1C2=O. The minimum atomic E-state index is -0.592. The fraction of sp³-hybridized carbons (Fsp3) is 0.238. The number of phenolic OH excluding ortho intramolecular Hbond substituents is 1. The molecule has 138 valence electrons. The Bertz CT molecular complexity index is 1020. The third-order valence-corrected chi connectivity index (χ3v) is 4.72. The average molecular weight is 366 g/mol. The standard InChI is InChI=1S/C21H18O6/c1-4-11(22)9-14(23)16-10(2)8-13-18(20(16)25)21(26)17-12(19(13)24)6-5-7-15(17)27-3/h5-8,25H,4,9H2,1-3H3. The Labute approximate surface area is 155 Å². The Morgan fingerprint density at radius 1 is 1.07 bits per heavy atom. The van der Waals surface area contributed by atoms with Gasteiger partial charge in [-0.05, 0) is 24.6 Å². The number of ether oxygens (including phenoxy) is 1. The number of benzene rings is 2. The number of carbonyl (C=O) groups is 4. The zero-order valence-corrected chi connectivity index (χ0v) is 15.2. The number of hydrogen-bond acceptors (Lipinski definition) is 6. The molecule has 0 aromatic heterocycles. The first-order chi connectivity index (χ1) is 12.8. The number of methoxy groups -OCH3 is 1. The molecule has 1 aliphatic carbocycles. The molecule has 27 heavy (non-hydrogen) atoms. The second-order valence-corrected chi connectivity index (χ2v) is 6.37. The van der Waals surface area contributed by atoms with Crippen molar-refractivity contribution < 1.29 is 29.0 Å². The number of carbonyl (C=O) groups excluding carboxylic acids is 4. The van der Waals surface area contributed by atoms with Gasteiger partial charge in [-0.3, -0.25) is 19.2 Å². The number of rotatable bonds is 5. The molecule has 0 amide bonds. The lowest BCUT2D eigenvalue weighted by Crippen LogP contribution is -2.23. The molecule has 0 aliphatic heterocycles. The summed E-state index contributed by atoms with van der Waals surface area (Å²) in [4.78, 5) is 50.0. The molecule has 0 radical (unpaired) electrons. The molecular formula is C21H18O6. The summed E-state index contributed by atoms with van der Waals surface area (Å²) in [6.07, 6.45) is -0.176. The Morgan fingerprint density at radius 3 is 2.41 bits per heavy atom. The summed E-state index contributed by atoms with van der Waals surface area (Å²) in [5, 5.41) is 10.7. The van der Waals surface area contributed by atoms with Crippen LogP contribution in [0.1, 0.15) is 67.5 Å². The smallest absolute Gasteiger partial charge is 0.202 e. The third kappa shape index (κ3) is 2.83. The summed E-state index contributed by atoms with van der Waals surface area (Å²) < 4.78 is 5.19. The fourth-order valence-electron chi connectivity index (χ4n) is 3.35. The van der Waals surface area contributed by atoms with E-state index in [1.165, 1.54) is 19.2 Å². The van der Waals surface area contributed by atoms with Crippen LogP contribution in [0.2, 0.25) is 0 Å². The Hall–Kier alpha value is -3.28. The van der Waals surface area contributed by atoms with Crippen molar-refractivity contribution >= 4 is 23.1 Å². The van der Waals surface area contributed by atoms with Crippen molar-refractivity contribution in [3.63, 3.8) is 0 Å². The van der Waals surface area contributed by atoms with Gasteiger partial charge in [0.25, 0.3) is 0 Å². The van der Waals surface area contributed by atoms with Crippen molar-refractivity contribution in [2.24, 2.45) is 0 Å². The van der Waals surface area contributed by atoms with Crippen LogP contribution in [-0.2, 0) is 4.79 Å². The zero-order chi connectivity index (χ0) is 19.9. The van der Waals surface area contributed by atoms with Crippen LogP contribution in [0.3, 0.4) is 0 Å². The van der Waals surface area contributed by atoms with Gasteiger partial charge in [0.05, 0.1) is 30.2 Å². The molecule has 0 saturated heterocycles. The summed E-state index contributed by atoms with van der Waals surface area (Å²) in [5.74, 6) is -2.22. The number of ketones is 4. The number of Topliss-reactive ketones (excluding diaryl/α,β-unsaturated/α-hetero) is 2. The highest BCUT2D eigenvalue weighted by atomic mass is 16.5. The van der Waals surface area contributed by atoms with Gasteiger partial charge >= 0.3 is 0 Å². The van der Waals surface area contributed by atoms with E-state index in [-0.39, 0.29) is 52.2 Å². The molecule has 0 bridgehead atoms. The van der Waals surface area contributed by atoms with E-state index in [1.807, 2.05) is 0 Å². The molecule has 3 rings (SSSR count). The van der Waals surface area contributed by atoms with Gasteiger partial charge in [-0.15, -0.1) is 0 Å². The van der Waals surface area contributed by atoms with Crippen LogP contribution in [0.4, 0.5) is 0 Å². The molecule has 2 aromatic carbocycles. The first-order valence-electron chi connectivity index (χ1n) is 8.49. The maximum atomic E-state index is 13.0. The third-order valence-electron chi connectivity index (χ3n) is 4.72. The van der Waals surface area contributed by atoms with Crippen molar-refractivity contribution in [1.29, 1.82) is 0 Å². The summed E-state index contributed by atoms with van der Waals surface area (Å²) in [7, 11) is 1.38. The lowest BCUT2D eigenvalue weighted by molar-refractivity contribution is -0.117. The van der Waals surface area contributed by atoms with E-state index in [0.717, 1.165) is 0 Å². The highest BCUT2D eigenvalue weighted by Crippen LogP contribution is 2.39. The van der Waals surface area contributed by atoms with Crippen molar-refractivity contribution in [3.8, 4) is 11.5 Å². The van der Waals surface area contributed by atoms with Gasteiger partial charge in [0, 0.05) is 17.5 Å². The van der Waals surface area contributed by atoms with Gasteiger partial charge in [-0.2, -0.15) is 0 Å². The minimum Gasteiger partial charge on any atom is -0.506 e. The molecule has 0 fully saturated rings. The zero-order valence-electron chi connectivity index (χ0n) is 15.2. The van der Waals surface area contributed by atoms with E-state index in [0.29, 0.717) is 5.56 Å². The second kappa shape index (κ2) is 6.79. The molecule has 0 unspecified atom stereocenters. The Morgan fingerprint density at radius 2 is 1.78 bits per heavy atom. The molecule has 1 aliphatic rings. The van der Waals surface area contributed by atoms with E-state index < -0.39 is 23.1 Å². The van der Waals surface area contributed by atoms with E-state index in [2.05, 4.69) is 0 Å². The molecule has 0 spiro atoms. The van der Waals surface area contributed by atoms with Crippen molar-refractivity contribution in [1.82, 2.24) is 0 Å². The van der Waals surface area contributed by atoms with E-state index in [1.54, 1.807) is 26.0 Å². The van der Waals surface area contributed by atoms with Crippen molar-refractivity contribution in [2.45, 2.75) is 26.7 Å². The largest absolute Gasteiger partial charge is 0.506 e. The van der Waals surface area contributed by atoms with E-state index in [4.69, 9.17) is 4.74 Å². The number of phenols is 1. The molecule has 6 nitrogen and oxygen atoms in total. The lowest BCUT2D eigenvalue weighted by Gasteiger charge is -2.22. The van der Waals surface area contributed by atoms with Gasteiger partial charge in [0.2, 0.25) is 5.78 Å². The van der Waals surface area contributed by atoms with Crippen LogP contribution in [0, 0.1) is 6.92 Å². The van der Waals surface area contributed by atoms with Crippen LogP contribution in [0.25, 0.3) is 0 Å². The lowest BCUT2D eigenvalue weighted by atomic mass is 9.80. The van der Waals surface area contributed by atoms with Crippen LogP contribution in [-0.4, -0.2) is 35.3 Å². The van der Waals surface area contributed by atoms with Gasteiger partial charge in [-0.25, -0.2) is 0 Å². The number of fused-ring (bicyclic) bond motifs is 2. The Kier molecular flexibility index (Phi) is 4.66. The minimum absolute atomic E-state index is 0.0362. The molecule has 0 atom stereocenters. The highest BCUT2D eigenvalue weighted by Gasteiger charge is 2.36. The summed E-state index contributed by atoms with van der Waals surface area (Å²) >= 11 is 0. The number of aryl methyl sites for hydroxylation is 1. The molecule has 1 N–H and O–H groups in total. The Balaban J connectivity index is 2.23. The predicted octanol–water partition coefficient (Wildman–Crippen LogP) is 3.04. The van der Waals surface area contributed by atoms with E-state index >= 15 is 0 Å². The van der Waals surface area contributed by atoms with Crippen LogP contribution >= 0.6 is 0 Å². The maximum absolute atomic E-state index is 13.0. The predicted molar refractivity (Wildman–Crippen MR) is 96.9 cm³/mol. The summed E-state index contributed by atoms with van der Waals surface area (Å²) in [6.45, 7) is 3.20. The van der Waals surface area contributed by atoms with Crippen LogP contribution in [0.15, 0.2) is 24.3 Å². The molecule has 0 heterocycles. The first-order valence-corrected chi connectivity index (χ1v) is 8.49. The van der Waals surface area contributed by atoms with Gasteiger partial charge in [-0.1, -0.05) is 19.1 Å². The van der Waals surface area contributed by atoms with Crippen LogP contribution in [0.5, 0.6) is 11.5 Å². The van der Waals surface area contributed by atoms with Gasteiger partial charge < -0.3 is 9.84 Å². The summed E-state index contributed by atoms with van der Waals surface area (Å²) in [5.41, 5.74) is 0.289. The fourth-order valence-corrected chi connectivity index (χ4v) is 3.35. The molecular weight excluding hydrogens is 348 g/mol. The quantitative estimate of drug-likeness (QED) is 0.551. The van der Waals surface area contributed by atoms with Crippen molar-refractivity contribution in [2.75, 3.05) is 7.11 Å². The topological polar surface area (TPSA) is 97.7 Å². The number of aromatic hydroxyl groups is 1. The van der Waals surface area contributed by atoms with Crippen molar-refractivity contribution in [3.05, 3.63) is 57.6 Å². The maximum Gasteiger partial charge on any atom is 0.202 e. The molecule has 6 heteroatoms. The summed E-state index contributed by atoms with van der Waals surface area (Å²) in [6, 6.07) is 6.09. The average Bonchev–Trinajstić information content (AvgIpc) is 2.64. The monoisotopic (exact) mass is 366 g/mol. The normalized spacial score (nSPS) is 12.4. The van der Waals surface area contributed by atoms with Gasteiger partial charge in [0.15, 0.2) is 11.6 Å². The highest BCUT2D eigenvalue weighted by molar-refractivity contribution is 6.31. The number of hydrogen-bond donors (Lipinski definition) is 1. The first kappa shape index (κ1) is 18.5. The molecule has 2 aromatic rings. The molecule has 0 saturated carbocycles. The van der Waals surface area contributed by atoms with E-state index in [9.17, 15) is 24.3 Å².